The van der Waals surface area contributed by atoms with Crippen molar-refractivity contribution in [3.05, 3.63) is 48.0 Å². The van der Waals surface area contributed by atoms with Gasteiger partial charge in [0.1, 0.15) is 0 Å². The van der Waals surface area contributed by atoms with Gasteiger partial charge in [-0.05, 0) is 22.8 Å². The van der Waals surface area contributed by atoms with Crippen LogP contribution < -0.4 is 11.3 Å². The Bertz CT molecular complexity index is 503. The number of benzene rings is 2. The number of nitrogens with one attached hydrogen (secondary N) is 1. The lowest BCUT2D eigenvalue weighted by Gasteiger charge is -2.25. The third-order valence-corrected chi connectivity index (χ3v) is 3.41. The highest BCUT2D eigenvalue weighted by Crippen LogP contribution is 2.27. The van der Waals surface area contributed by atoms with Crippen LogP contribution in [0.25, 0.3) is 10.8 Å². The number of fused-ring (bicyclic) bond motifs is 1. The Labute approximate surface area is 108 Å². The molecule has 3 nitrogen and oxygen atoms in total. The predicted molar refractivity (Wildman–Crippen MR) is 75.1 cm³/mol. The Kier molecular flexibility index (Phi) is 4.31. The van der Waals surface area contributed by atoms with E-state index in [0.29, 0.717) is 0 Å². The molecule has 0 fully saturated rings. The van der Waals surface area contributed by atoms with Crippen LogP contribution in [0.5, 0.6) is 0 Å². The summed E-state index contributed by atoms with van der Waals surface area (Å²) >= 11 is 0. The average molecular weight is 244 g/mol. The normalized spacial score (nSPS) is 14.6. The van der Waals surface area contributed by atoms with E-state index in [1.54, 1.807) is 7.11 Å². The minimum absolute atomic E-state index is 0.00565. The zero-order valence-electron chi connectivity index (χ0n) is 10.9. The summed E-state index contributed by atoms with van der Waals surface area (Å²) in [6, 6.07) is 14.6. The van der Waals surface area contributed by atoms with Crippen molar-refractivity contribution in [1.29, 1.82) is 0 Å². The monoisotopic (exact) mass is 244 g/mol. The predicted octanol–water partition coefficient (Wildman–Crippen LogP) is 2.77. The number of hydrazine groups is 1. The standard InChI is InChI=1S/C15H20N2O/c1-3-14(18-2)15(17-16)13-10-6-8-11-7-4-5-9-12(11)13/h4-10,14-15,17H,3,16H2,1-2H3. The molecule has 0 aliphatic carbocycles. The molecule has 0 aliphatic heterocycles. The van der Waals surface area contributed by atoms with Gasteiger partial charge >= 0.3 is 0 Å². The first-order valence-electron chi connectivity index (χ1n) is 6.28. The summed E-state index contributed by atoms with van der Waals surface area (Å²) in [5.41, 5.74) is 4.07. The van der Waals surface area contributed by atoms with E-state index >= 15 is 0 Å². The lowest BCUT2D eigenvalue weighted by atomic mass is 9.94. The first-order chi connectivity index (χ1) is 8.81. The van der Waals surface area contributed by atoms with Crippen LogP contribution in [-0.2, 0) is 4.74 Å². The molecule has 3 N–H and O–H groups in total. The summed E-state index contributed by atoms with van der Waals surface area (Å²) in [6.45, 7) is 2.10. The zero-order valence-corrected chi connectivity index (χ0v) is 10.9. The van der Waals surface area contributed by atoms with E-state index in [4.69, 9.17) is 10.6 Å². The molecule has 0 amide bonds. The van der Waals surface area contributed by atoms with Gasteiger partial charge in [0.15, 0.2) is 0 Å². The van der Waals surface area contributed by atoms with Crippen LogP contribution in [0, 0.1) is 0 Å². The molecule has 0 aromatic heterocycles. The Morgan fingerprint density at radius 2 is 1.89 bits per heavy atom. The SMILES string of the molecule is CCC(OC)C(NN)c1cccc2ccccc12. The third-order valence-electron chi connectivity index (χ3n) is 3.41. The van der Waals surface area contributed by atoms with E-state index in [1.807, 2.05) is 12.1 Å². The zero-order chi connectivity index (χ0) is 13.0. The van der Waals surface area contributed by atoms with Gasteiger partial charge in [-0.15, -0.1) is 0 Å². The maximum Gasteiger partial charge on any atom is 0.0776 e. The van der Waals surface area contributed by atoms with Gasteiger partial charge < -0.3 is 4.74 Å². The van der Waals surface area contributed by atoms with Crippen LogP contribution in [0.15, 0.2) is 42.5 Å². The third kappa shape index (κ3) is 2.38. The van der Waals surface area contributed by atoms with Crippen molar-refractivity contribution in [1.82, 2.24) is 5.43 Å². The summed E-state index contributed by atoms with van der Waals surface area (Å²) < 4.78 is 5.51. The molecule has 2 aromatic rings. The Morgan fingerprint density at radius 3 is 2.56 bits per heavy atom. The fourth-order valence-corrected chi connectivity index (χ4v) is 2.46. The molecule has 0 saturated carbocycles. The summed E-state index contributed by atoms with van der Waals surface area (Å²) in [5.74, 6) is 5.72. The molecular weight excluding hydrogens is 224 g/mol. The number of hydrogen-bond donors (Lipinski definition) is 2. The van der Waals surface area contributed by atoms with Crippen LogP contribution >= 0.6 is 0 Å². The van der Waals surface area contributed by atoms with E-state index in [9.17, 15) is 0 Å². The van der Waals surface area contributed by atoms with Crippen molar-refractivity contribution in [2.75, 3.05) is 7.11 Å². The summed E-state index contributed by atoms with van der Waals surface area (Å²) in [6.07, 6.45) is 0.981. The second-order valence-electron chi connectivity index (χ2n) is 4.40. The number of nitrogens with two attached hydrogens (primary N) is 1. The minimum atomic E-state index is 0.00565. The molecule has 2 aromatic carbocycles. The lowest BCUT2D eigenvalue weighted by molar-refractivity contribution is 0.0655. The van der Waals surface area contributed by atoms with Gasteiger partial charge in [0.05, 0.1) is 12.1 Å². The maximum atomic E-state index is 5.72. The second kappa shape index (κ2) is 5.96. The Morgan fingerprint density at radius 1 is 1.17 bits per heavy atom. The largest absolute Gasteiger partial charge is 0.379 e. The van der Waals surface area contributed by atoms with Crippen molar-refractivity contribution < 1.29 is 4.74 Å². The molecule has 2 rings (SSSR count). The van der Waals surface area contributed by atoms with E-state index in [-0.39, 0.29) is 12.1 Å². The summed E-state index contributed by atoms with van der Waals surface area (Å²) in [4.78, 5) is 0. The van der Waals surface area contributed by atoms with Crippen molar-refractivity contribution >= 4 is 10.8 Å². The molecule has 96 valence electrons. The average Bonchev–Trinajstić information content (AvgIpc) is 2.44. The lowest BCUT2D eigenvalue weighted by Crippen LogP contribution is -2.37. The van der Waals surface area contributed by atoms with Crippen molar-refractivity contribution in [2.45, 2.75) is 25.5 Å². The van der Waals surface area contributed by atoms with Crippen molar-refractivity contribution in [3.8, 4) is 0 Å². The second-order valence-corrected chi connectivity index (χ2v) is 4.40. The molecule has 2 unspecified atom stereocenters. The summed E-state index contributed by atoms with van der Waals surface area (Å²) in [5, 5.41) is 2.44. The molecule has 2 atom stereocenters. The highest BCUT2D eigenvalue weighted by atomic mass is 16.5. The highest BCUT2D eigenvalue weighted by Gasteiger charge is 2.21. The first kappa shape index (κ1) is 13.0. The minimum Gasteiger partial charge on any atom is -0.379 e. The quantitative estimate of drug-likeness (QED) is 0.628. The van der Waals surface area contributed by atoms with Gasteiger partial charge in [-0.25, -0.2) is 0 Å². The number of methoxy groups -OCH3 is 1. The van der Waals surface area contributed by atoms with Crippen LogP contribution in [0.1, 0.15) is 24.9 Å². The van der Waals surface area contributed by atoms with E-state index in [2.05, 4.69) is 42.7 Å². The van der Waals surface area contributed by atoms with Gasteiger partial charge in [-0.1, -0.05) is 49.4 Å². The Balaban J connectivity index is 2.51. The molecule has 0 spiro atoms. The first-order valence-corrected chi connectivity index (χ1v) is 6.28. The van der Waals surface area contributed by atoms with Crippen LogP contribution in [0.2, 0.25) is 0 Å². The highest BCUT2D eigenvalue weighted by molar-refractivity contribution is 5.86. The van der Waals surface area contributed by atoms with Gasteiger partial charge in [0.2, 0.25) is 0 Å². The van der Waals surface area contributed by atoms with Crippen LogP contribution in [-0.4, -0.2) is 13.2 Å². The van der Waals surface area contributed by atoms with E-state index in [1.165, 1.54) is 16.3 Å². The van der Waals surface area contributed by atoms with Gasteiger partial charge in [0, 0.05) is 7.11 Å². The molecular formula is C15H20N2O. The number of rotatable bonds is 5. The molecule has 18 heavy (non-hydrogen) atoms. The number of hydrogen-bond acceptors (Lipinski definition) is 3. The maximum absolute atomic E-state index is 5.72. The molecule has 0 heterocycles. The van der Waals surface area contributed by atoms with E-state index < -0.39 is 0 Å². The smallest absolute Gasteiger partial charge is 0.0776 e. The van der Waals surface area contributed by atoms with Gasteiger partial charge in [0.25, 0.3) is 0 Å². The molecule has 0 radical (unpaired) electrons. The fraction of sp³-hybridized carbons (Fsp3) is 0.333. The van der Waals surface area contributed by atoms with E-state index in [0.717, 1.165) is 6.42 Å². The molecule has 0 bridgehead atoms. The topological polar surface area (TPSA) is 47.3 Å². The van der Waals surface area contributed by atoms with Crippen molar-refractivity contribution in [3.63, 3.8) is 0 Å². The van der Waals surface area contributed by atoms with Crippen molar-refractivity contribution in [2.24, 2.45) is 5.84 Å². The molecule has 3 heteroatoms. The molecule has 0 aliphatic rings. The van der Waals surface area contributed by atoms with Gasteiger partial charge in [-0.3, -0.25) is 11.3 Å². The Hall–Kier alpha value is -1.42. The summed E-state index contributed by atoms with van der Waals surface area (Å²) in [7, 11) is 1.73. The van der Waals surface area contributed by atoms with Crippen LogP contribution in [0.4, 0.5) is 0 Å². The molecule has 0 saturated heterocycles. The number of ether oxygens (including phenoxy) is 1. The van der Waals surface area contributed by atoms with Crippen LogP contribution in [0.3, 0.4) is 0 Å². The fourth-order valence-electron chi connectivity index (χ4n) is 2.46. The van der Waals surface area contributed by atoms with Gasteiger partial charge in [-0.2, -0.15) is 0 Å².